The normalized spacial score (nSPS) is 14.2. The van der Waals surface area contributed by atoms with Gasteiger partial charge in [-0.25, -0.2) is 8.42 Å². The van der Waals surface area contributed by atoms with Gasteiger partial charge in [0.05, 0.1) is 10.9 Å². The Labute approximate surface area is 137 Å². The minimum atomic E-state index is -3.24. The fourth-order valence-electron chi connectivity index (χ4n) is 2.14. The lowest BCUT2D eigenvalue weighted by molar-refractivity contribution is -0.129. The summed E-state index contributed by atoms with van der Waals surface area (Å²) in [5.41, 5.74) is 0.788. The summed E-state index contributed by atoms with van der Waals surface area (Å²) in [4.78, 5) is 23.7. The molecule has 0 bridgehead atoms. The van der Waals surface area contributed by atoms with Crippen molar-refractivity contribution in [2.75, 3.05) is 6.26 Å². The highest BCUT2D eigenvalue weighted by Gasteiger charge is 2.24. The van der Waals surface area contributed by atoms with Crippen LogP contribution in [0.15, 0.2) is 29.2 Å². The third-order valence-corrected chi connectivity index (χ3v) is 4.60. The van der Waals surface area contributed by atoms with Crippen molar-refractivity contribution in [3.63, 3.8) is 0 Å². The van der Waals surface area contributed by atoms with Gasteiger partial charge in [-0.1, -0.05) is 26.0 Å². The van der Waals surface area contributed by atoms with Crippen LogP contribution in [0.1, 0.15) is 39.3 Å². The van der Waals surface area contributed by atoms with E-state index in [2.05, 4.69) is 10.6 Å². The predicted molar refractivity (Wildman–Crippen MR) is 88.6 cm³/mol. The van der Waals surface area contributed by atoms with E-state index in [4.69, 9.17) is 0 Å². The van der Waals surface area contributed by atoms with Crippen LogP contribution in [-0.4, -0.2) is 32.5 Å². The zero-order valence-corrected chi connectivity index (χ0v) is 14.9. The molecule has 1 aromatic rings. The van der Waals surface area contributed by atoms with Gasteiger partial charge >= 0.3 is 0 Å². The van der Waals surface area contributed by atoms with Crippen LogP contribution in [0.25, 0.3) is 0 Å². The number of sulfone groups is 1. The molecule has 0 radical (unpaired) electrons. The highest BCUT2D eigenvalue weighted by molar-refractivity contribution is 7.90. The van der Waals surface area contributed by atoms with Gasteiger partial charge in [0.1, 0.15) is 6.04 Å². The molecule has 7 heteroatoms. The van der Waals surface area contributed by atoms with Crippen LogP contribution in [0.2, 0.25) is 0 Å². The van der Waals surface area contributed by atoms with Crippen LogP contribution in [0, 0.1) is 5.92 Å². The molecule has 0 fully saturated rings. The second-order valence-electron chi connectivity index (χ2n) is 5.99. The van der Waals surface area contributed by atoms with Gasteiger partial charge in [0.2, 0.25) is 11.8 Å². The van der Waals surface area contributed by atoms with E-state index in [0.29, 0.717) is 0 Å². The molecular weight excluding hydrogens is 316 g/mol. The third kappa shape index (κ3) is 5.67. The molecule has 1 aromatic carbocycles. The SMILES string of the molecule is CC(=O)N[C@@H](C(=O)N[C@H](C)c1ccc(S(C)(=O)=O)cc1)C(C)C. The quantitative estimate of drug-likeness (QED) is 0.819. The van der Waals surface area contributed by atoms with Crippen LogP contribution < -0.4 is 10.6 Å². The lowest BCUT2D eigenvalue weighted by Crippen LogP contribution is -2.49. The maximum atomic E-state index is 12.3. The van der Waals surface area contributed by atoms with Crippen molar-refractivity contribution in [2.45, 2.75) is 44.7 Å². The molecule has 6 nitrogen and oxygen atoms in total. The van der Waals surface area contributed by atoms with Crippen LogP contribution >= 0.6 is 0 Å². The Morgan fingerprint density at radius 2 is 1.52 bits per heavy atom. The van der Waals surface area contributed by atoms with Gasteiger partial charge < -0.3 is 10.6 Å². The van der Waals surface area contributed by atoms with E-state index in [1.54, 1.807) is 19.1 Å². The Morgan fingerprint density at radius 1 is 1.00 bits per heavy atom. The number of hydrogen-bond acceptors (Lipinski definition) is 4. The van der Waals surface area contributed by atoms with Crippen molar-refractivity contribution < 1.29 is 18.0 Å². The minimum absolute atomic E-state index is 0.0429. The first-order chi connectivity index (χ1) is 10.5. The molecule has 0 aliphatic heterocycles. The summed E-state index contributed by atoms with van der Waals surface area (Å²) in [5, 5.41) is 5.47. The zero-order valence-electron chi connectivity index (χ0n) is 14.1. The van der Waals surface area contributed by atoms with E-state index < -0.39 is 15.9 Å². The van der Waals surface area contributed by atoms with Crippen molar-refractivity contribution in [3.05, 3.63) is 29.8 Å². The largest absolute Gasteiger partial charge is 0.348 e. The van der Waals surface area contributed by atoms with E-state index in [0.717, 1.165) is 11.8 Å². The summed E-state index contributed by atoms with van der Waals surface area (Å²) < 4.78 is 22.9. The first-order valence-electron chi connectivity index (χ1n) is 7.40. The van der Waals surface area contributed by atoms with E-state index in [1.165, 1.54) is 19.1 Å². The Kier molecular flexibility index (Phi) is 6.32. The van der Waals surface area contributed by atoms with Gasteiger partial charge in [-0.05, 0) is 30.5 Å². The molecule has 0 unspecified atom stereocenters. The fourth-order valence-corrected chi connectivity index (χ4v) is 2.77. The first kappa shape index (κ1) is 19.2. The van der Waals surface area contributed by atoms with Gasteiger partial charge in [-0.3, -0.25) is 9.59 Å². The van der Waals surface area contributed by atoms with Crippen LogP contribution in [0.4, 0.5) is 0 Å². The van der Waals surface area contributed by atoms with Gasteiger partial charge in [-0.15, -0.1) is 0 Å². The molecule has 128 valence electrons. The molecule has 23 heavy (non-hydrogen) atoms. The Bertz CT molecular complexity index is 666. The Balaban J connectivity index is 2.83. The monoisotopic (exact) mass is 340 g/mol. The summed E-state index contributed by atoms with van der Waals surface area (Å²) in [6, 6.07) is 5.47. The van der Waals surface area contributed by atoms with Crippen molar-refractivity contribution in [2.24, 2.45) is 5.92 Å². The molecular formula is C16H24N2O4S. The number of nitrogens with one attached hydrogen (secondary N) is 2. The molecule has 2 N–H and O–H groups in total. The average molecular weight is 340 g/mol. The van der Waals surface area contributed by atoms with Gasteiger partial charge in [0, 0.05) is 13.2 Å². The number of amides is 2. The van der Waals surface area contributed by atoms with Gasteiger partial charge in [-0.2, -0.15) is 0 Å². The molecule has 0 saturated heterocycles. The van der Waals surface area contributed by atoms with Crippen molar-refractivity contribution >= 4 is 21.7 Å². The van der Waals surface area contributed by atoms with E-state index in [1.807, 2.05) is 13.8 Å². The summed E-state index contributed by atoms with van der Waals surface area (Å²) in [6.45, 7) is 6.88. The lowest BCUT2D eigenvalue weighted by Gasteiger charge is -2.23. The summed E-state index contributed by atoms with van der Waals surface area (Å²) in [7, 11) is -3.24. The zero-order chi connectivity index (χ0) is 17.8. The maximum Gasteiger partial charge on any atom is 0.243 e. The van der Waals surface area contributed by atoms with Crippen LogP contribution in [-0.2, 0) is 19.4 Å². The predicted octanol–water partition coefficient (Wildman–Crippen LogP) is 1.43. The van der Waals surface area contributed by atoms with E-state index in [9.17, 15) is 18.0 Å². The summed E-state index contributed by atoms with van der Waals surface area (Å²) in [6.07, 6.45) is 1.15. The lowest BCUT2D eigenvalue weighted by atomic mass is 10.0. The highest BCUT2D eigenvalue weighted by Crippen LogP contribution is 2.17. The van der Waals surface area contributed by atoms with E-state index in [-0.39, 0.29) is 28.7 Å². The Hall–Kier alpha value is -1.89. The number of rotatable bonds is 6. The van der Waals surface area contributed by atoms with Crippen LogP contribution in [0.5, 0.6) is 0 Å². The second kappa shape index (κ2) is 7.59. The average Bonchev–Trinajstić information content (AvgIpc) is 2.43. The second-order valence-corrected chi connectivity index (χ2v) is 8.01. The molecule has 0 aromatic heterocycles. The molecule has 0 saturated carbocycles. The number of benzene rings is 1. The third-order valence-electron chi connectivity index (χ3n) is 3.47. The standard InChI is InChI=1S/C16H24N2O4S/c1-10(2)15(18-12(4)19)16(20)17-11(3)13-6-8-14(9-7-13)23(5,21)22/h6-11,15H,1-5H3,(H,17,20)(H,18,19)/t11-,15-/m1/s1. The van der Waals surface area contributed by atoms with E-state index >= 15 is 0 Å². The summed E-state index contributed by atoms with van der Waals surface area (Å²) >= 11 is 0. The maximum absolute atomic E-state index is 12.3. The molecule has 1 rings (SSSR count). The molecule has 0 aliphatic carbocycles. The topological polar surface area (TPSA) is 92.3 Å². The Morgan fingerprint density at radius 3 is 1.91 bits per heavy atom. The number of hydrogen-bond donors (Lipinski definition) is 2. The smallest absolute Gasteiger partial charge is 0.243 e. The molecule has 0 aliphatic rings. The van der Waals surface area contributed by atoms with Crippen molar-refractivity contribution in [3.8, 4) is 0 Å². The number of carbonyl (C=O) groups excluding carboxylic acids is 2. The number of carbonyl (C=O) groups is 2. The molecule has 0 heterocycles. The van der Waals surface area contributed by atoms with Crippen molar-refractivity contribution in [1.82, 2.24) is 10.6 Å². The fraction of sp³-hybridized carbons (Fsp3) is 0.500. The minimum Gasteiger partial charge on any atom is -0.348 e. The first-order valence-corrected chi connectivity index (χ1v) is 9.29. The van der Waals surface area contributed by atoms with Crippen molar-refractivity contribution in [1.29, 1.82) is 0 Å². The summed E-state index contributed by atoms with van der Waals surface area (Å²) in [5.74, 6) is -0.572. The van der Waals surface area contributed by atoms with Crippen LogP contribution in [0.3, 0.4) is 0 Å². The van der Waals surface area contributed by atoms with Gasteiger partial charge in [0.25, 0.3) is 0 Å². The molecule has 2 amide bonds. The van der Waals surface area contributed by atoms with Gasteiger partial charge in [0.15, 0.2) is 9.84 Å². The highest BCUT2D eigenvalue weighted by atomic mass is 32.2. The molecule has 0 spiro atoms. The molecule has 2 atom stereocenters.